The number of ether oxygens (including phenoxy) is 3. The van der Waals surface area contributed by atoms with Crippen LogP contribution in [0, 0.1) is 6.92 Å². The zero-order valence-corrected chi connectivity index (χ0v) is 15.3. The van der Waals surface area contributed by atoms with Crippen LogP contribution in [0.5, 0.6) is 28.9 Å². The Kier molecular flexibility index (Phi) is 5.30. The lowest BCUT2D eigenvalue weighted by Crippen LogP contribution is -2.06. The Bertz CT molecular complexity index is 930. The summed E-state index contributed by atoms with van der Waals surface area (Å²) in [6.45, 7) is 1.82. The van der Waals surface area contributed by atoms with E-state index in [9.17, 15) is 9.90 Å². The molecule has 0 saturated heterocycles. The van der Waals surface area contributed by atoms with E-state index in [1.165, 1.54) is 7.11 Å². The Balaban J connectivity index is 1.75. The number of carbonyl (C=O) groups excluding carboxylic acids is 1. The Morgan fingerprint density at radius 3 is 2.07 bits per heavy atom. The minimum Gasteiger partial charge on any atom is -0.508 e. The third-order valence-corrected chi connectivity index (χ3v) is 3.95. The molecule has 0 fully saturated rings. The number of carbonyl (C=O) groups is 1. The Morgan fingerprint density at radius 1 is 1.00 bits per heavy atom. The maximum atomic E-state index is 11.6. The molecular weight excluding hydrogens is 348 g/mol. The fourth-order valence-electron chi connectivity index (χ4n) is 2.57. The number of hydrogen-bond donors (Lipinski definition) is 1. The van der Waals surface area contributed by atoms with Gasteiger partial charge in [-0.25, -0.2) is 4.68 Å². The molecule has 0 radical (unpaired) electrons. The van der Waals surface area contributed by atoms with Crippen molar-refractivity contribution in [2.45, 2.75) is 13.3 Å². The summed E-state index contributed by atoms with van der Waals surface area (Å²) in [5.74, 6) is 2.15. The number of phenolic OH excluding ortho intramolecular Hbond substituents is 1. The molecule has 3 aromatic rings. The molecule has 27 heavy (non-hydrogen) atoms. The summed E-state index contributed by atoms with van der Waals surface area (Å²) in [5, 5.41) is 13.6. The molecule has 0 bridgehead atoms. The van der Waals surface area contributed by atoms with E-state index in [1.807, 2.05) is 6.92 Å². The van der Waals surface area contributed by atoms with Crippen molar-refractivity contribution in [3.8, 4) is 28.9 Å². The van der Waals surface area contributed by atoms with Gasteiger partial charge in [0.2, 0.25) is 5.88 Å². The van der Waals surface area contributed by atoms with Crippen molar-refractivity contribution < 1.29 is 24.1 Å². The number of phenols is 1. The smallest absolute Gasteiger partial charge is 0.310 e. The third-order valence-electron chi connectivity index (χ3n) is 3.95. The SMILES string of the molecule is COC(=O)Cc1c(C)nn(C)c1Oc1ccc(Oc2ccc(O)cc2)cc1. The number of aromatic hydroxyl groups is 1. The van der Waals surface area contributed by atoms with E-state index in [0.717, 1.165) is 0 Å². The second-order valence-electron chi connectivity index (χ2n) is 5.92. The van der Waals surface area contributed by atoms with Crippen molar-refractivity contribution in [3.05, 3.63) is 59.8 Å². The lowest BCUT2D eigenvalue weighted by Gasteiger charge is -2.10. The molecule has 7 nitrogen and oxygen atoms in total. The predicted octanol–water partition coefficient (Wildman–Crippen LogP) is 3.73. The van der Waals surface area contributed by atoms with E-state index in [-0.39, 0.29) is 18.1 Å². The van der Waals surface area contributed by atoms with E-state index in [4.69, 9.17) is 14.2 Å². The van der Waals surface area contributed by atoms with Gasteiger partial charge in [-0.15, -0.1) is 0 Å². The molecule has 1 N–H and O–H groups in total. The second kappa shape index (κ2) is 7.82. The number of aryl methyl sites for hydroxylation is 2. The van der Waals surface area contributed by atoms with Crippen molar-refractivity contribution in [1.82, 2.24) is 9.78 Å². The van der Waals surface area contributed by atoms with Crippen LogP contribution >= 0.6 is 0 Å². The molecule has 0 aliphatic heterocycles. The molecule has 3 rings (SSSR count). The van der Waals surface area contributed by atoms with Crippen LogP contribution in [0.3, 0.4) is 0 Å². The molecule has 140 valence electrons. The fraction of sp³-hybridized carbons (Fsp3) is 0.200. The van der Waals surface area contributed by atoms with Crippen LogP contribution in [0.4, 0.5) is 0 Å². The first-order valence-electron chi connectivity index (χ1n) is 8.30. The first-order valence-corrected chi connectivity index (χ1v) is 8.30. The van der Waals surface area contributed by atoms with Crippen LogP contribution in [0.25, 0.3) is 0 Å². The lowest BCUT2D eigenvalue weighted by molar-refractivity contribution is -0.139. The normalized spacial score (nSPS) is 10.5. The maximum absolute atomic E-state index is 11.6. The second-order valence-corrected chi connectivity index (χ2v) is 5.92. The largest absolute Gasteiger partial charge is 0.508 e. The minimum absolute atomic E-state index is 0.0908. The topological polar surface area (TPSA) is 82.8 Å². The summed E-state index contributed by atoms with van der Waals surface area (Å²) in [5.41, 5.74) is 1.40. The quantitative estimate of drug-likeness (QED) is 0.668. The molecule has 1 aromatic heterocycles. The molecule has 0 spiro atoms. The Hall–Kier alpha value is -3.48. The van der Waals surface area contributed by atoms with Crippen molar-refractivity contribution in [1.29, 1.82) is 0 Å². The zero-order chi connectivity index (χ0) is 19.4. The predicted molar refractivity (Wildman–Crippen MR) is 98.4 cm³/mol. The van der Waals surface area contributed by atoms with Gasteiger partial charge < -0.3 is 19.3 Å². The summed E-state index contributed by atoms with van der Waals surface area (Å²) in [4.78, 5) is 11.6. The molecule has 2 aromatic carbocycles. The van der Waals surface area contributed by atoms with Gasteiger partial charge in [-0.2, -0.15) is 5.10 Å². The Labute approximate surface area is 156 Å². The highest BCUT2D eigenvalue weighted by Crippen LogP contribution is 2.30. The molecule has 0 amide bonds. The lowest BCUT2D eigenvalue weighted by atomic mass is 10.2. The van der Waals surface area contributed by atoms with Crippen LogP contribution < -0.4 is 9.47 Å². The van der Waals surface area contributed by atoms with Gasteiger partial charge in [0.15, 0.2) is 0 Å². The van der Waals surface area contributed by atoms with Gasteiger partial charge in [0.1, 0.15) is 23.0 Å². The van der Waals surface area contributed by atoms with Crippen molar-refractivity contribution >= 4 is 5.97 Å². The third kappa shape index (κ3) is 4.38. The van der Waals surface area contributed by atoms with Gasteiger partial charge in [-0.3, -0.25) is 4.79 Å². The van der Waals surface area contributed by atoms with Gasteiger partial charge in [0.25, 0.3) is 0 Å². The van der Waals surface area contributed by atoms with E-state index < -0.39 is 0 Å². The average Bonchev–Trinajstić information content (AvgIpc) is 2.92. The monoisotopic (exact) mass is 368 g/mol. The summed E-state index contributed by atoms with van der Waals surface area (Å²) < 4.78 is 18.0. The molecule has 0 aliphatic carbocycles. The fourth-order valence-corrected chi connectivity index (χ4v) is 2.57. The van der Waals surface area contributed by atoms with Gasteiger partial charge in [-0.1, -0.05) is 0 Å². The summed E-state index contributed by atoms with van der Waals surface area (Å²) in [7, 11) is 3.10. The van der Waals surface area contributed by atoms with Crippen molar-refractivity contribution in [2.75, 3.05) is 7.11 Å². The highest BCUT2D eigenvalue weighted by molar-refractivity contribution is 5.73. The first-order chi connectivity index (χ1) is 13.0. The van der Waals surface area contributed by atoms with Gasteiger partial charge >= 0.3 is 5.97 Å². The van der Waals surface area contributed by atoms with Crippen LogP contribution in [-0.4, -0.2) is 28.0 Å². The summed E-state index contributed by atoms with van der Waals surface area (Å²) in [6.07, 6.45) is 0.0908. The highest BCUT2D eigenvalue weighted by atomic mass is 16.5. The number of rotatable bonds is 6. The van der Waals surface area contributed by atoms with Gasteiger partial charge in [-0.05, 0) is 55.5 Å². The molecule has 0 atom stereocenters. The van der Waals surface area contributed by atoms with E-state index in [0.29, 0.717) is 34.4 Å². The highest BCUT2D eigenvalue weighted by Gasteiger charge is 2.19. The molecule has 0 aliphatic rings. The number of aromatic nitrogens is 2. The minimum atomic E-state index is -0.353. The van der Waals surface area contributed by atoms with Crippen LogP contribution in [0.1, 0.15) is 11.3 Å². The summed E-state index contributed by atoms with van der Waals surface area (Å²) >= 11 is 0. The average molecular weight is 368 g/mol. The maximum Gasteiger partial charge on any atom is 0.310 e. The zero-order valence-electron chi connectivity index (χ0n) is 15.3. The van der Waals surface area contributed by atoms with Crippen LogP contribution in [0.2, 0.25) is 0 Å². The van der Waals surface area contributed by atoms with Crippen molar-refractivity contribution in [2.24, 2.45) is 7.05 Å². The number of esters is 1. The molecule has 0 saturated carbocycles. The molecule has 7 heteroatoms. The number of nitrogens with zero attached hydrogens (tertiary/aromatic N) is 2. The summed E-state index contributed by atoms with van der Waals surface area (Å²) in [6, 6.07) is 13.5. The number of hydrogen-bond acceptors (Lipinski definition) is 6. The first kappa shape index (κ1) is 18.3. The van der Waals surface area contributed by atoms with Crippen LogP contribution in [-0.2, 0) is 23.0 Å². The van der Waals surface area contributed by atoms with E-state index >= 15 is 0 Å². The molecule has 1 heterocycles. The van der Waals surface area contributed by atoms with Crippen molar-refractivity contribution in [3.63, 3.8) is 0 Å². The Morgan fingerprint density at radius 2 is 1.52 bits per heavy atom. The van der Waals surface area contributed by atoms with Gasteiger partial charge in [0.05, 0.1) is 19.2 Å². The van der Waals surface area contributed by atoms with E-state index in [2.05, 4.69) is 5.10 Å². The number of benzene rings is 2. The van der Waals surface area contributed by atoms with Gasteiger partial charge in [0, 0.05) is 12.6 Å². The standard InChI is InChI=1S/C20H20N2O5/c1-13-18(12-19(24)25-3)20(22(2)21-13)27-17-10-8-16(9-11-17)26-15-6-4-14(23)5-7-15/h4-11,23H,12H2,1-3H3. The van der Waals surface area contributed by atoms with E-state index in [1.54, 1.807) is 60.3 Å². The van der Waals surface area contributed by atoms with Crippen LogP contribution in [0.15, 0.2) is 48.5 Å². The molecular formula is C20H20N2O5. The number of methoxy groups -OCH3 is 1. The molecule has 0 unspecified atom stereocenters.